The second-order valence-electron chi connectivity index (χ2n) is 2.63. The lowest BCUT2D eigenvalue weighted by Crippen LogP contribution is -2.19. The van der Waals surface area contributed by atoms with E-state index in [1.807, 2.05) is 0 Å². The number of hydrogen-bond acceptors (Lipinski definition) is 3. The summed E-state index contributed by atoms with van der Waals surface area (Å²) < 4.78 is 30.9. The first-order valence-corrected chi connectivity index (χ1v) is 6.54. The monoisotopic (exact) mass is 313 g/mol. The molecule has 0 unspecified atom stereocenters. The van der Waals surface area contributed by atoms with E-state index in [0.29, 0.717) is 9.50 Å². The molecule has 0 aliphatic carbocycles. The lowest BCUT2D eigenvalue weighted by Gasteiger charge is -2.10. The van der Waals surface area contributed by atoms with Crippen LogP contribution in [0, 0.1) is 0 Å². The Balaban J connectivity index is 3.53. The van der Waals surface area contributed by atoms with Crippen LogP contribution >= 0.6 is 27.5 Å². The molecule has 0 atom stereocenters. The molecule has 0 spiro atoms. The Hall–Kier alpha value is -0.300. The molecule has 4 nitrogen and oxygen atoms in total. The van der Waals surface area contributed by atoms with Gasteiger partial charge in [0, 0.05) is 5.02 Å². The second-order valence-corrected chi connectivity index (χ2v) is 5.77. The lowest BCUT2D eigenvalue weighted by atomic mass is 10.3. The Bertz CT molecular complexity index is 475. The minimum absolute atomic E-state index is 0.00637. The van der Waals surface area contributed by atoms with Crippen LogP contribution in [0.3, 0.4) is 0 Å². The van der Waals surface area contributed by atoms with E-state index in [1.165, 1.54) is 20.2 Å². The summed E-state index contributed by atoms with van der Waals surface area (Å²) in [5, 5.41) is 0.316. The van der Waals surface area contributed by atoms with Crippen LogP contribution in [0.2, 0.25) is 5.02 Å². The quantitative estimate of drug-likeness (QED) is 0.928. The molecule has 15 heavy (non-hydrogen) atoms. The number of nitrogens with one attached hydrogen (secondary N) is 1. The standard InChI is InChI=1S/C8H9BrClNO3S/c1-11-15(12,13)7-4-5(10)3-6(9)8(7)14-2/h3-4,11H,1-2H3. The van der Waals surface area contributed by atoms with Gasteiger partial charge in [0.25, 0.3) is 0 Å². The van der Waals surface area contributed by atoms with Crippen LogP contribution in [0.1, 0.15) is 0 Å². The molecule has 0 bridgehead atoms. The molecule has 7 heteroatoms. The third kappa shape index (κ3) is 2.63. The van der Waals surface area contributed by atoms with Crippen molar-refractivity contribution in [3.05, 3.63) is 21.6 Å². The molecule has 0 heterocycles. The number of sulfonamides is 1. The van der Waals surface area contributed by atoms with Gasteiger partial charge < -0.3 is 4.74 Å². The van der Waals surface area contributed by atoms with Crippen molar-refractivity contribution in [3.8, 4) is 5.75 Å². The summed E-state index contributed by atoms with van der Waals surface area (Å²) >= 11 is 8.94. The van der Waals surface area contributed by atoms with E-state index in [1.54, 1.807) is 6.07 Å². The van der Waals surface area contributed by atoms with Gasteiger partial charge in [-0.15, -0.1) is 0 Å². The minimum atomic E-state index is -3.58. The zero-order chi connectivity index (χ0) is 11.6. The molecule has 0 radical (unpaired) electrons. The molecule has 1 N–H and O–H groups in total. The summed E-state index contributed by atoms with van der Waals surface area (Å²) in [6.07, 6.45) is 0. The smallest absolute Gasteiger partial charge is 0.244 e. The maximum absolute atomic E-state index is 11.6. The van der Waals surface area contributed by atoms with Gasteiger partial charge in [0.2, 0.25) is 10.0 Å². The second kappa shape index (κ2) is 4.69. The van der Waals surface area contributed by atoms with Crippen LogP contribution < -0.4 is 9.46 Å². The van der Waals surface area contributed by atoms with Crippen molar-refractivity contribution in [1.82, 2.24) is 4.72 Å². The van der Waals surface area contributed by atoms with Crippen LogP contribution in [-0.2, 0) is 10.0 Å². The molecule has 1 rings (SSSR count). The molecule has 0 saturated carbocycles. The molecule has 84 valence electrons. The molecule has 0 amide bonds. The van der Waals surface area contributed by atoms with Crippen molar-refractivity contribution in [2.45, 2.75) is 4.90 Å². The van der Waals surface area contributed by atoms with Crippen LogP contribution in [0.5, 0.6) is 5.75 Å². The van der Waals surface area contributed by atoms with Crippen molar-refractivity contribution in [2.24, 2.45) is 0 Å². The highest BCUT2D eigenvalue weighted by molar-refractivity contribution is 9.10. The van der Waals surface area contributed by atoms with Gasteiger partial charge in [-0.1, -0.05) is 11.6 Å². The fourth-order valence-corrected chi connectivity index (χ4v) is 3.15. The predicted octanol–water partition coefficient (Wildman–Crippen LogP) is 2.02. The van der Waals surface area contributed by atoms with E-state index in [9.17, 15) is 8.42 Å². The van der Waals surface area contributed by atoms with Gasteiger partial charge in [-0.2, -0.15) is 0 Å². The first kappa shape index (κ1) is 12.8. The maximum atomic E-state index is 11.6. The number of rotatable bonds is 3. The van der Waals surface area contributed by atoms with Gasteiger partial charge in [0.05, 0.1) is 11.6 Å². The third-order valence-corrected chi connectivity index (χ3v) is 3.96. The van der Waals surface area contributed by atoms with Crippen LogP contribution in [-0.4, -0.2) is 22.6 Å². The largest absolute Gasteiger partial charge is 0.494 e. The normalized spacial score (nSPS) is 11.5. The topological polar surface area (TPSA) is 55.4 Å². The first-order valence-electron chi connectivity index (χ1n) is 3.89. The highest BCUT2D eigenvalue weighted by atomic mass is 79.9. The summed E-state index contributed by atoms with van der Waals surface area (Å²) in [6.45, 7) is 0. The van der Waals surface area contributed by atoms with Gasteiger partial charge in [0.1, 0.15) is 4.90 Å². The Morgan fingerprint density at radius 1 is 1.47 bits per heavy atom. The number of halogens is 2. The van der Waals surface area contributed by atoms with Gasteiger partial charge in [-0.25, -0.2) is 13.1 Å². The SMILES string of the molecule is CNS(=O)(=O)c1cc(Cl)cc(Br)c1OC. The average Bonchev–Trinajstić information content (AvgIpc) is 2.16. The molecule has 0 aliphatic heterocycles. The van der Waals surface area contributed by atoms with E-state index in [4.69, 9.17) is 16.3 Å². The Kier molecular flexibility index (Phi) is 3.99. The third-order valence-electron chi connectivity index (χ3n) is 1.74. The van der Waals surface area contributed by atoms with Crippen molar-refractivity contribution < 1.29 is 13.2 Å². The minimum Gasteiger partial charge on any atom is -0.494 e. The highest BCUT2D eigenvalue weighted by Crippen LogP contribution is 2.34. The number of hydrogen-bond donors (Lipinski definition) is 1. The maximum Gasteiger partial charge on any atom is 0.244 e. The molecular weight excluding hydrogens is 306 g/mol. The van der Waals surface area contributed by atoms with Crippen LogP contribution in [0.25, 0.3) is 0 Å². The van der Waals surface area contributed by atoms with Crippen LogP contribution in [0.4, 0.5) is 0 Å². The molecule has 0 saturated heterocycles. The summed E-state index contributed by atoms with van der Waals surface area (Å²) in [4.78, 5) is 0.00637. The number of methoxy groups -OCH3 is 1. The zero-order valence-corrected chi connectivity index (χ0v) is 11.2. The lowest BCUT2D eigenvalue weighted by molar-refractivity contribution is 0.399. The van der Waals surface area contributed by atoms with Crippen molar-refractivity contribution in [2.75, 3.05) is 14.2 Å². The summed E-state index contributed by atoms with van der Waals surface area (Å²) in [6, 6.07) is 2.89. The fraction of sp³-hybridized carbons (Fsp3) is 0.250. The Morgan fingerprint density at radius 3 is 2.53 bits per heavy atom. The van der Waals surface area contributed by atoms with Crippen molar-refractivity contribution >= 4 is 37.6 Å². The van der Waals surface area contributed by atoms with Crippen molar-refractivity contribution in [1.29, 1.82) is 0 Å². The Morgan fingerprint density at radius 2 is 2.07 bits per heavy atom. The summed E-state index contributed by atoms with van der Waals surface area (Å²) in [5.41, 5.74) is 0. The van der Waals surface area contributed by atoms with E-state index in [-0.39, 0.29) is 10.6 Å². The van der Waals surface area contributed by atoms with Crippen LogP contribution in [0.15, 0.2) is 21.5 Å². The molecular formula is C8H9BrClNO3S. The first-order chi connectivity index (χ1) is 6.92. The van der Waals surface area contributed by atoms with E-state index in [0.717, 1.165) is 0 Å². The number of benzene rings is 1. The number of ether oxygens (including phenoxy) is 1. The molecule has 0 aliphatic rings. The Labute approximate surface area is 102 Å². The molecule has 0 fully saturated rings. The highest BCUT2D eigenvalue weighted by Gasteiger charge is 2.20. The van der Waals surface area contributed by atoms with Crippen molar-refractivity contribution in [3.63, 3.8) is 0 Å². The van der Waals surface area contributed by atoms with E-state index in [2.05, 4.69) is 20.7 Å². The van der Waals surface area contributed by atoms with E-state index >= 15 is 0 Å². The van der Waals surface area contributed by atoms with Gasteiger partial charge >= 0.3 is 0 Å². The fourth-order valence-electron chi connectivity index (χ4n) is 1.04. The molecule has 0 aromatic heterocycles. The average molecular weight is 315 g/mol. The molecule has 1 aromatic carbocycles. The summed E-state index contributed by atoms with van der Waals surface area (Å²) in [7, 11) is -0.861. The van der Waals surface area contributed by atoms with E-state index < -0.39 is 10.0 Å². The van der Waals surface area contributed by atoms with Gasteiger partial charge in [0.15, 0.2) is 5.75 Å². The predicted molar refractivity (Wildman–Crippen MR) is 61.9 cm³/mol. The van der Waals surface area contributed by atoms with Gasteiger partial charge in [-0.3, -0.25) is 0 Å². The van der Waals surface area contributed by atoms with Gasteiger partial charge in [-0.05, 0) is 35.1 Å². The zero-order valence-electron chi connectivity index (χ0n) is 8.04. The molecule has 1 aromatic rings. The summed E-state index contributed by atoms with van der Waals surface area (Å²) in [5.74, 6) is 0.230.